The third kappa shape index (κ3) is 2.56. The fourth-order valence-electron chi connectivity index (χ4n) is 3.14. The lowest BCUT2D eigenvalue weighted by atomic mass is 10.2. The van der Waals surface area contributed by atoms with E-state index < -0.39 is 5.91 Å². The van der Waals surface area contributed by atoms with Crippen LogP contribution in [-0.4, -0.2) is 25.3 Å². The molecule has 0 aliphatic heterocycles. The number of nitrogens with one attached hydrogen (secondary N) is 1. The molecule has 25 heavy (non-hydrogen) atoms. The molecule has 3 aromatic heterocycles. The summed E-state index contributed by atoms with van der Waals surface area (Å²) in [5.74, 6) is -0.104. The van der Waals surface area contributed by atoms with Crippen LogP contribution in [0.15, 0.2) is 11.0 Å². The number of carbonyl (C=O) groups excluding carboxylic acids is 1. The molecule has 0 fully saturated rings. The Bertz CT molecular complexity index is 1060. The Kier molecular flexibility index (Phi) is 3.88. The van der Waals surface area contributed by atoms with Gasteiger partial charge < -0.3 is 0 Å². The van der Waals surface area contributed by atoms with Crippen LogP contribution in [-0.2, 0) is 19.4 Å². The number of hydrogen-bond donors (Lipinski definition) is 1. The van der Waals surface area contributed by atoms with Crippen molar-refractivity contribution in [2.45, 2.75) is 39.7 Å². The molecule has 0 spiro atoms. The minimum absolute atomic E-state index is 0.0884. The van der Waals surface area contributed by atoms with Gasteiger partial charge >= 0.3 is 0 Å². The van der Waals surface area contributed by atoms with Crippen molar-refractivity contribution in [1.29, 1.82) is 0 Å². The molecule has 3 heterocycles. The molecule has 0 aromatic carbocycles. The Balaban J connectivity index is 1.77. The van der Waals surface area contributed by atoms with E-state index in [1.54, 1.807) is 29.1 Å². The van der Waals surface area contributed by atoms with Crippen LogP contribution in [0.4, 0.5) is 0 Å². The Morgan fingerprint density at radius 3 is 2.96 bits per heavy atom. The summed E-state index contributed by atoms with van der Waals surface area (Å²) >= 11 is 7.65. The van der Waals surface area contributed by atoms with E-state index in [0.29, 0.717) is 17.8 Å². The molecule has 0 bridgehead atoms. The van der Waals surface area contributed by atoms with Gasteiger partial charge in [-0.05, 0) is 38.7 Å². The maximum Gasteiger partial charge on any atom is 0.292 e. The Morgan fingerprint density at radius 1 is 1.44 bits per heavy atom. The van der Waals surface area contributed by atoms with Crippen LogP contribution in [0.1, 0.15) is 40.1 Å². The zero-order valence-electron chi connectivity index (χ0n) is 13.8. The van der Waals surface area contributed by atoms with Crippen molar-refractivity contribution in [1.82, 2.24) is 19.4 Å². The lowest BCUT2D eigenvalue weighted by Gasteiger charge is -2.10. The molecular formula is C16H16ClN5O2S. The van der Waals surface area contributed by atoms with Crippen molar-refractivity contribution in [2.75, 3.05) is 5.43 Å². The van der Waals surface area contributed by atoms with Gasteiger partial charge in [0.05, 0.1) is 10.4 Å². The maximum atomic E-state index is 12.9. The van der Waals surface area contributed by atoms with Crippen molar-refractivity contribution < 1.29 is 4.79 Å². The molecule has 1 aliphatic rings. The van der Waals surface area contributed by atoms with E-state index in [1.165, 1.54) is 9.55 Å². The zero-order chi connectivity index (χ0) is 17.7. The number of halogens is 1. The predicted molar refractivity (Wildman–Crippen MR) is 97.2 cm³/mol. The van der Waals surface area contributed by atoms with E-state index in [0.717, 1.165) is 29.7 Å². The molecule has 0 unspecified atom stereocenters. The molecule has 1 N–H and O–H groups in total. The van der Waals surface area contributed by atoms with Crippen molar-refractivity contribution in [3.63, 3.8) is 0 Å². The Labute approximate surface area is 152 Å². The maximum absolute atomic E-state index is 12.9. The van der Waals surface area contributed by atoms with Gasteiger partial charge in [-0.1, -0.05) is 11.6 Å². The third-order valence-electron chi connectivity index (χ3n) is 4.38. The molecule has 0 radical (unpaired) electrons. The van der Waals surface area contributed by atoms with E-state index in [-0.39, 0.29) is 16.3 Å². The number of rotatable bonds is 3. The number of aryl methyl sites for hydroxylation is 4. The van der Waals surface area contributed by atoms with Gasteiger partial charge in [0.15, 0.2) is 5.69 Å². The second-order valence-corrected chi connectivity index (χ2v) is 7.45. The van der Waals surface area contributed by atoms with Crippen molar-refractivity contribution >= 4 is 39.1 Å². The highest BCUT2D eigenvalue weighted by Gasteiger charge is 2.24. The second kappa shape index (κ2) is 5.96. The highest BCUT2D eigenvalue weighted by atomic mass is 35.5. The average molecular weight is 378 g/mol. The number of fused-ring (bicyclic) bond motifs is 3. The van der Waals surface area contributed by atoms with Gasteiger partial charge in [-0.3, -0.25) is 19.7 Å². The first-order valence-electron chi connectivity index (χ1n) is 8.07. The monoisotopic (exact) mass is 377 g/mol. The quantitative estimate of drug-likeness (QED) is 0.760. The van der Waals surface area contributed by atoms with Crippen molar-refractivity contribution in [3.8, 4) is 0 Å². The van der Waals surface area contributed by atoms with Crippen LogP contribution in [0.2, 0.25) is 5.02 Å². The lowest BCUT2D eigenvalue weighted by molar-refractivity contribution is 0.100. The molecule has 0 atom stereocenters. The highest BCUT2D eigenvalue weighted by Crippen LogP contribution is 2.34. The van der Waals surface area contributed by atoms with Gasteiger partial charge in [0, 0.05) is 17.6 Å². The van der Waals surface area contributed by atoms with Gasteiger partial charge in [-0.25, -0.2) is 9.66 Å². The van der Waals surface area contributed by atoms with Crippen LogP contribution >= 0.6 is 22.9 Å². The van der Waals surface area contributed by atoms with E-state index >= 15 is 0 Å². The first-order valence-corrected chi connectivity index (χ1v) is 9.27. The molecule has 4 rings (SSSR count). The summed E-state index contributed by atoms with van der Waals surface area (Å²) in [4.78, 5) is 31.9. The van der Waals surface area contributed by atoms with Crippen LogP contribution in [0.25, 0.3) is 10.2 Å². The molecule has 130 valence electrons. The first kappa shape index (κ1) is 16.3. The summed E-state index contributed by atoms with van der Waals surface area (Å²) in [7, 11) is 0. The number of thiophene rings is 1. The largest absolute Gasteiger partial charge is 0.292 e. The SMILES string of the molecule is CCn1cc(Cl)c(C(=O)Nn2c(C)nc3sc4c(c3c2=O)CCC4)n1. The van der Waals surface area contributed by atoms with Gasteiger partial charge in [0.25, 0.3) is 11.5 Å². The second-order valence-electron chi connectivity index (χ2n) is 5.96. The summed E-state index contributed by atoms with van der Waals surface area (Å²) in [6.07, 6.45) is 4.52. The lowest BCUT2D eigenvalue weighted by Crippen LogP contribution is -2.35. The molecule has 0 saturated heterocycles. The molecule has 3 aromatic rings. The topological polar surface area (TPSA) is 81.8 Å². The smallest absolute Gasteiger partial charge is 0.271 e. The number of aromatic nitrogens is 4. The van der Waals surface area contributed by atoms with E-state index in [9.17, 15) is 9.59 Å². The third-order valence-corrected chi connectivity index (χ3v) is 5.84. The Morgan fingerprint density at radius 2 is 2.24 bits per heavy atom. The van der Waals surface area contributed by atoms with Crippen LogP contribution < -0.4 is 11.0 Å². The van der Waals surface area contributed by atoms with Gasteiger partial charge in [0.1, 0.15) is 10.7 Å². The van der Waals surface area contributed by atoms with Crippen LogP contribution in [0.5, 0.6) is 0 Å². The van der Waals surface area contributed by atoms with Crippen molar-refractivity contribution in [2.24, 2.45) is 0 Å². The highest BCUT2D eigenvalue weighted by molar-refractivity contribution is 7.18. The summed E-state index contributed by atoms with van der Waals surface area (Å²) < 4.78 is 2.76. The van der Waals surface area contributed by atoms with E-state index in [1.807, 2.05) is 6.92 Å². The summed E-state index contributed by atoms with van der Waals surface area (Å²) in [6.45, 7) is 4.19. The fourth-order valence-corrected chi connectivity index (χ4v) is 4.68. The van der Waals surface area contributed by atoms with Crippen LogP contribution in [0.3, 0.4) is 0 Å². The average Bonchev–Trinajstić information content (AvgIpc) is 3.24. The number of hydrogen-bond acceptors (Lipinski definition) is 5. The van der Waals surface area contributed by atoms with Crippen LogP contribution in [0, 0.1) is 6.92 Å². The number of carbonyl (C=O) groups is 1. The standard InChI is InChI=1S/C16H16ClN5O2S/c1-3-21-7-10(17)13(19-21)14(23)20-22-8(2)18-15-12(16(22)24)9-5-4-6-11(9)25-15/h7H,3-6H2,1-2H3,(H,20,23). The van der Waals surface area contributed by atoms with E-state index in [4.69, 9.17) is 11.6 Å². The van der Waals surface area contributed by atoms with Gasteiger partial charge in [-0.2, -0.15) is 5.10 Å². The minimum atomic E-state index is -0.532. The minimum Gasteiger partial charge on any atom is -0.271 e. The fraction of sp³-hybridized carbons (Fsp3) is 0.375. The van der Waals surface area contributed by atoms with Gasteiger partial charge in [-0.15, -0.1) is 11.3 Å². The zero-order valence-corrected chi connectivity index (χ0v) is 15.4. The predicted octanol–water partition coefficient (Wildman–Crippen LogP) is 2.51. The molecule has 7 nitrogen and oxygen atoms in total. The number of amides is 1. The molecule has 1 amide bonds. The molecule has 1 aliphatic carbocycles. The van der Waals surface area contributed by atoms with Crippen molar-refractivity contribution in [3.05, 3.63) is 43.5 Å². The molecule has 9 heteroatoms. The summed E-state index contributed by atoms with van der Waals surface area (Å²) in [6, 6.07) is 0. The van der Waals surface area contributed by atoms with Gasteiger partial charge in [0.2, 0.25) is 0 Å². The normalized spacial score (nSPS) is 13.4. The Hall–Kier alpha value is -2.19. The summed E-state index contributed by atoms with van der Waals surface area (Å²) in [5, 5.41) is 5.00. The first-order chi connectivity index (χ1) is 12.0. The summed E-state index contributed by atoms with van der Waals surface area (Å²) in [5.41, 5.74) is 3.51. The van der Waals surface area contributed by atoms with E-state index in [2.05, 4.69) is 15.5 Å². The molecule has 0 saturated carbocycles. The number of nitrogens with zero attached hydrogens (tertiary/aromatic N) is 4. The molecular weight excluding hydrogens is 362 g/mol.